The van der Waals surface area contributed by atoms with E-state index in [1.165, 1.54) is 18.3 Å². The van der Waals surface area contributed by atoms with Gasteiger partial charge in [0.05, 0.1) is 0 Å². The molecule has 2 aromatic rings. The third-order valence-electron chi connectivity index (χ3n) is 3.10. The first kappa shape index (κ1) is 15.5. The van der Waals surface area contributed by atoms with Gasteiger partial charge in [-0.2, -0.15) is 4.73 Å². The molecule has 1 N–H and O–H groups in total. The van der Waals surface area contributed by atoms with Crippen molar-refractivity contribution in [2.75, 3.05) is 6.61 Å². The lowest BCUT2D eigenvalue weighted by molar-refractivity contribution is -0.608. The Bertz CT molecular complexity index is 685. The van der Waals surface area contributed by atoms with E-state index in [9.17, 15) is 14.8 Å². The van der Waals surface area contributed by atoms with Gasteiger partial charge in [-0.1, -0.05) is 24.3 Å². The summed E-state index contributed by atoms with van der Waals surface area (Å²) in [6.45, 7) is 1.87. The number of aryl methyl sites for hydroxylation is 1. The fourth-order valence-corrected chi connectivity index (χ4v) is 1.84. The Kier molecular flexibility index (Phi) is 5.08. The van der Waals surface area contributed by atoms with Crippen molar-refractivity contribution in [2.45, 2.75) is 13.5 Å². The summed E-state index contributed by atoms with van der Waals surface area (Å²) in [6, 6.07) is 12.0. The van der Waals surface area contributed by atoms with Gasteiger partial charge in [0.2, 0.25) is 0 Å². The normalized spacial score (nSPS) is 10.0. The van der Waals surface area contributed by atoms with Crippen LogP contribution in [0.3, 0.4) is 0 Å². The van der Waals surface area contributed by atoms with E-state index in [0.717, 1.165) is 11.1 Å². The van der Waals surface area contributed by atoms with Gasteiger partial charge in [0.1, 0.15) is 0 Å². The number of hydrogen-bond acceptors (Lipinski definition) is 4. The second-order valence-corrected chi connectivity index (χ2v) is 4.69. The van der Waals surface area contributed by atoms with E-state index in [1.54, 1.807) is 6.07 Å². The molecule has 0 aliphatic rings. The Morgan fingerprint density at radius 3 is 2.64 bits per heavy atom. The molecule has 0 fully saturated rings. The van der Waals surface area contributed by atoms with Gasteiger partial charge in [0, 0.05) is 18.7 Å². The number of nitrogens with zero attached hydrogens (tertiary/aromatic N) is 1. The summed E-state index contributed by atoms with van der Waals surface area (Å²) in [5.74, 6) is -1.26. The van der Waals surface area contributed by atoms with Gasteiger partial charge in [0.25, 0.3) is 5.91 Å². The van der Waals surface area contributed by atoms with Crippen LogP contribution in [0.4, 0.5) is 0 Å². The molecule has 6 heteroatoms. The molecule has 1 aromatic carbocycles. The summed E-state index contributed by atoms with van der Waals surface area (Å²) in [4.78, 5) is 23.4. The molecule has 1 aromatic heterocycles. The number of esters is 1. The van der Waals surface area contributed by atoms with E-state index >= 15 is 0 Å². The number of benzene rings is 1. The van der Waals surface area contributed by atoms with Crippen LogP contribution in [0.25, 0.3) is 0 Å². The second-order valence-electron chi connectivity index (χ2n) is 4.69. The maximum absolute atomic E-state index is 11.7. The van der Waals surface area contributed by atoms with Crippen molar-refractivity contribution in [1.82, 2.24) is 5.32 Å². The Morgan fingerprint density at radius 1 is 1.18 bits per heavy atom. The van der Waals surface area contributed by atoms with E-state index in [-0.39, 0.29) is 5.69 Å². The predicted molar refractivity (Wildman–Crippen MR) is 78.7 cm³/mol. The van der Waals surface area contributed by atoms with Crippen molar-refractivity contribution in [2.24, 2.45) is 0 Å². The second kappa shape index (κ2) is 7.21. The molecular formula is C16H16N2O4. The fraction of sp³-hybridized carbons (Fsp3) is 0.188. The van der Waals surface area contributed by atoms with Gasteiger partial charge in [-0.15, -0.1) is 0 Å². The lowest BCUT2D eigenvalue weighted by atomic mass is 10.1. The van der Waals surface area contributed by atoms with Crippen molar-refractivity contribution >= 4 is 11.9 Å². The highest BCUT2D eigenvalue weighted by atomic mass is 16.5. The molecule has 0 unspecified atom stereocenters. The molecule has 114 valence electrons. The van der Waals surface area contributed by atoms with Gasteiger partial charge in [-0.05, 0) is 24.1 Å². The van der Waals surface area contributed by atoms with Crippen molar-refractivity contribution < 1.29 is 19.1 Å². The molecule has 0 aliphatic heterocycles. The quantitative estimate of drug-likeness (QED) is 0.509. The average molecular weight is 300 g/mol. The van der Waals surface area contributed by atoms with Gasteiger partial charge in [-0.3, -0.25) is 4.79 Å². The highest BCUT2D eigenvalue weighted by Crippen LogP contribution is 2.05. The number of amides is 1. The highest BCUT2D eigenvalue weighted by molar-refractivity contribution is 5.88. The third-order valence-corrected chi connectivity index (χ3v) is 3.10. The zero-order valence-corrected chi connectivity index (χ0v) is 12.1. The van der Waals surface area contributed by atoms with Gasteiger partial charge in [-0.25, -0.2) is 4.79 Å². The van der Waals surface area contributed by atoms with Crippen molar-refractivity contribution in [3.63, 3.8) is 0 Å². The van der Waals surface area contributed by atoms with Crippen LogP contribution in [0.5, 0.6) is 0 Å². The zero-order valence-electron chi connectivity index (χ0n) is 12.1. The molecule has 0 spiro atoms. The Labute approximate surface area is 127 Å². The SMILES string of the molecule is Cc1ccccc1CNC(=O)COC(=O)c1cccc[n+]1[O-]. The number of pyridine rings is 1. The molecule has 22 heavy (non-hydrogen) atoms. The van der Waals surface area contributed by atoms with Crippen molar-refractivity contribution in [1.29, 1.82) is 0 Å². The van der Waals surface area contributed by atoms with Crippen LogP contribution in [0, 0.1) is 12.1 Å². The van der Waals surface area contributed by atoms with E-state index in [4.69, 9.17) is 4.74 Å². The van der Waals surface area contributed by atoms with E-state index in [1.807, 2.05) is 31.2 Å². The Balaban J connectivity index is 1.82. The lowest BCUT2D eigenvalue weighted by Gasteiger charge is -2.08. The Morgan fingerprint density at radius 2 is 1.91 bits per heavy atom. The average Bonchev–Trinajstić information content (AvgIpc) is 2.52. The van der Waals surface area contributed by atoms with Gasteiger partial charge >= 0.3 is 11.7 Å². The molecule has 6 nitrogen and oxygen atoms in total. The van der Waals surface area contributed by atoms with E-state index in [0.29, 0.717) is 11.3 Å². The van der Waals surface area contributed by atoms with Gasteiger partial charge < -0.3 is 15.3 Å². The predicted octanol–water partition coefficient (Wildman–Crippen LogP) is 1.10. The first-order chi connectivity index (χ1) is 10.6. The molecule has 0 aliphatic carbocycles. The van der Waals surface area contributed by atoms with Crippen LogP contribution < -0.4 is 10.0 Å². The number of ether oxygens (including phenoxy) is 1. The largest absolute Gasteiger partial charge is 0.618 e. The first-order valence-corrected chi connectivity index (χ1v) is 6.74. The minimum atomic E-state index is -0.832. The Hall–Kier alpha value is -2.89. The maximum atomic E-state index is 11.7. The first-order valence-electron chi connectivity index (χ1n) is 6.74. The van der Waals surface area contributed by atoms with E-state index in [2.05, 4.69) is 5.32 Å². The molecular weight excluding hydrogens is 284 g/mol. The lowest BCUT2D eigenvalue weighted by Crippen LogP contribution is -2.36. The number of hydrogen-bond donors (Lipinski definition) is 1. The number of nitrogens with one attached hydrogen (secondary N) is 1. The molecule has 0 atom stereocenters. The number of aromatic nitrogens is 1. The smallest absolute Gasteiger partial charge is 0.405 e. The minimum Gasteiger partial charge on any atom is -0.618 e. The standard InChI is InChI=1S/C16H16N2O4/c1-12-6-2-3-7-13(12)10-17-15(19)11-22-16(20)14-8-4-5-9-18(14)21/h2-9H,10-11H2,1H3,(H,17,19). The van der Waals surface area contributed by atoms with Crippen LogP contribution >= 0.6 is 0 Å². The number of carbonyl (C=O) groups is 2. The minimum absolute atomic E-state index is 0.158. The summed E-state index contributed by atoms with van der Waals surface area (Å²) in [6.07, 6.45) is 1.19. The summed E-state index contributed by atoms with van der Waals surface area (Å²) < 4.78 is 5.21. The van der Waals surface area contributed by atoms with Gasteiger partial charge in [0.15, 0.2) is 12.8 Å². The highest BCUT2D eigenvalue weighted by Gasteiger charge is 2.17. The van der Waals surface area contributed by atoms with Crippen LogP contribution in [-0.4, -0.2) is 18.5 Å². The molecule has 0 radical (unpaired) electrons. The summed E-state index contributed by atoms with van der Waals surface area (Å²) in [5, 5.41) is 14.0. The third kappa shape index (κ3) is 4.05. The molecule has 2 rings (SSSR count). The van der Waals surface area contributed by atoms with E-state index < -0.39 is 18.5 Å². The van der Waals surface area contributed by atoms with Crippen molar-refractivity contribution in [3.05, 3.63) is 70.7 Å². The molecule has 0 saturated heterocycles. The monoisotopic (exact) mass is 300 g/mol. The summed E-state index contributed by atoms with van der Waals surface area (Å²) in [5.41, 5.74) is 1.90. The van der Waals surface area contributed by atoms with Crippen molar-refractivity contribution in [3.8, 4) is 0 Å². The summed E-state index contributed by atoms with van der Waals surface area (Å²) >= 11 is 0. The zero-order chi connectivity index (χ0) is 15.9. The molecule has 0 bridgehead atoms. The fourth-order valence-electron chi connectivity index (χ4n) is 1.84. The number of rotatable bonds is 5. The molecule has 1 heterocycles. The van der Waals surface area contributed by atoms with Crippen LogP contribution in [-0.2, 0) is 16.1 Å². The van der Waals surface area contributed by atoms with Crippen LogP contribution in [0.1, 0.15) is 21.6 Å². The van der Waals surface area contributed by atoms with Crippen LogP contribution in [0.15, 0.2) is 48.7 Å². The number of carbonyl (C=O) groups excluding carboxylic acids is 2. The topological polar surface area (TPSA) is 82.3 Å². The summed E-state index contributed by atoms with van der Waals surface area (Å²) in [7, 11) is 0. The maximum Gasteiger partial charge on any atom is 0.405 e. The molecule has 1 amide bonds. The van der Waals surface area contributed by atoms with Crippen LogP contribution in [0.2, 0.25) is 0 Å². The molecule has 0 saturated carbocycles.